The van der Waals surface area contributed by atoms with Crippen molar-refractivity contribution in [3.8, 4) is 6.01 Å². The molecule has 126 valence electrons. The van der Waals surface area contributed by atoms with Crippen molar-refractivity contribution in [1.82, 2.24) is 14.9 Å². The normalized spacial score (nSPS) is 17.6. The molecule has 1 atom stereocenters. The van der Waals surface area contributed by atoms with E-state index in [1.807, 2.05) is 0 Å². The van der Waals surface area contributed by atoms with E-state index in [9.17, 15) is 9.18 Å². The minimum atomic E-state index is -0.375. The number of aryl methyl sites for hydroxylation is 1. The van der Waals surface area contributed by atoms with Crippen LogP contribution in [-0.4, -0.2) is 40.0 Å². The number of carbonyl (C=O) groups excluding carboxylic acids is 1. The quantitative estimate of drug-likeness (QED) is 0.853. The number of piperidine rings is 1. The van der Waals surface area contributed by atoms with Crippen molar-refractivity contribution in [2.24, 2.45) is 0 Å². The summed E-state index contributed by atoms with van der Waals surface area (Å²) in [5.41, 5.74) is 0.868. The van der Waals surface area contributed by atoms with Gasteiger partial charge >= 0.3 is 6.01 Å². The molecule has 1 aromatic carbocycles. The Morgan fingerprint density at radius 1 is 1.38 bits per heavy atom. The summed E-state index contributed by atoms with van der Waals surface area (Å²) in [5, 5.41) is 0.434. The highest BCUT2D eigenvalue weighted by atomic mass is 35.5. The van der Waals surface area contributed by atoms with E-state index in [2.05, 4.69) is 9.97 Å². The van der Waals surface area contributed by atoms with Crippen LogP contribution in [0.1, 0.15) is 28.8 Å². The molecular weight excluding hydrogens is 333 g/mol. The van der Waals surface area contributed by atoms with Crippen LogP contribution in [0.3, 0.4) is 0 Å². The Kier molecular flexibility index (Phi) is 4.94. The van der Waals surface area contributed by atoms with Crippen molar-refractivity contribution in [2.45, 2.75) is 25.9 Å². The maximum atomic E-state index is 13.7. The highest BCUT2D eigenvalue weighted by molar-refractivity contribution is 6.30. The molecule has 1 aliphatic heterocycles. The van der Waals surface area contributed by atoms with Crippen LogP contribution in [-0.2, 0) is 0 Å². The van der Waals surface area contributed by atoms with Gasteiger partial charge in [-0.05, 0) is 37.5 Å². The highest BCUT2D eigenvalue weighted by Crippen LogP contribution is 2.19. The molecule has 2 aromatic rings. The van der Waals surface area contributed by atoms with Gasteiger partial charge in [-0.2, -0.15) is 0 Å². The Bertz CT molecular complexity index is 739. The van der Waals surface area contributed by atoms with Crippen LogP contribution in [0.2, 0.25) is 5.02 Å². The first kappa shape index (κ1) is 16.6. The number of ether oxygens (including phenoxy) is 1. The molecule has 1 aliphatic rings. The Hall–Kier alpha value is -2.21. The van der Waals surface area contributed by atoms with Crippen molar-refractivity contribution in [3.05, 3.63) is 52.6 Å². The minimum Gasteiger partial charge on any atom is -0.458 e. The van der Waals surface area contributed by atoms with E-state index in [1.54, 1.807) is 24.0 Å². The van der Waals surface area contributed by atoms with Gasteiger partial charge < -0.3 is 9.64 Å². The van der Waals surface area contributed by atoms with Gasteiger partial charge in [0.1, 0.15) is 11.9 Å². The summed E-state index contributed by atoms with van der Waals surface area (Å²) in [6, 6.07) is 4.78. The topological polar surface area (TPSA) is 55.3 Å². The first-order valence-electron chi connectivity index (χ1n) is 7.72. The van der Waals surface area contributed by atoms with Crippen LogP contribution < -0.4 is 4.74 Å². The van der Waals surface area contributed by atoms with Crippen LogP contribution >= 0.6 is 11.6 Å². The summed E-state index contributed by atoms with van der Waals surface area (Å²) in [6.45, 7) is 2.70. The Morgan fingerprint density at radius 2 is 2.12 bits per heavy atom. The molecule has 0 unspecified atom stereocenters. The number of halogens is 2. The van der Waals surface area contributed by atoms with Crippen LogP contribution in [0.25, 0.3) is 0 Å². The summed E-state index contributed by atoms with van der Waals surface area (Å²) < 4.78 is 19.4. The van der Waals surface area contributed by atoms with Gasteiger partial charge in [-0.1, -0.05) is 17.7 Å². The second-order valence-electron chi connectivity index (χ2n) is 5.78. The maximum absolute atomic E-state index is 13.7. The third kappa shape index (κ3) is 3.82. The average molecular weight is 350 g/mol. The van der Waals surface area contributed by atoms with Gasteiger partial charge in [0.25, 0.3) is 5.91 Å². The predicted molar refractivity (Wildman–Crippen MR) is 87.7 cm³/mol. The zero-order valence-electron chi connectivity index (χ0n) is 13.2. The van der Waals surface area contributed by atoms with E-state index in [1.165, 1.54) is 18.5 Å². The van der Waals surface area contributed by atoms with Crippen molar-refractivity contribution in [1.29, 1.82) is 0 Å². The second kappa shape index (κ2) is 7.13. The molecule has 5 nitrogen and oxygen atoms in total. The van der Waals surface area contributed by atoms with Crippen molar-refractivity contribution < 1.29 is 13.9 Å². The number of aromatic nitrogens is 2. The van der Waals surface area contributed by atoms with E-state index in [0.29, 0.717) is 29.2 Å². The molecule has 1 amide bonds. The van der Waals surface area contributed by atoms with Gasteiger partial charge in [0, 0.05) is 12.1 Å². The Balaban J connectivity index is 1.67. The molecule has 3 rings (SSSR count). The lowest BCUT2D eigenvalue weighted by Crippen LogP contribution is -2.44. The second-order valence-corrected chi connectivity index (χ2v) is 6.22. The molecule has 0 radical (unpaired) electrons. The van der Waals surface area contributed by atoms with Crippen molar-refractivity contribution in [3.63, 3.8) is 0 Å². The molecule has 24 heavy (non-hydrogen) atoms. The number of likely N-dealkylation sites (tertiary alicyclic amines) is 1. The average Bonchev–Trinajstić information content (AvgIpc) is 2.59. The number of carbonyl (C=O) groups is 1. The first-order valence-corrected chi connectivity index (χ1v) is 8.10. The predicted octanol–water partition coefficient (Wildman–Crippen LogP) is 3.26. The third-order valence-electron chi connectivity index (χ3n) is 3.95. The monoisotopic (exact) mass is 349 g/mol. The summed E-state index contributed by atoms with van der Waals surface area (Å²) >= 11 is 5.75. The van der Waals surface area contributed by atoms with Gasteiger partial charge in [0.05, 0.1) is 24.0 Å². The highest BCUT2D eigenvalue weighted by Gasteiger charge is 2.26. The Morgan fingerprint density at radius 3 is 2.83 bits per heavy atom. The molecule has 0 bridgehead atoms. The SMILES string of the molecule is Cc1ccc(C(=O)N2CCC[C@H](Oc3ncc(Cl)cn3)C2)cc1F. The van der Waals surface area contributed by atoms with Crippen molar-refractivity contribution >= 4 is 17.5 Å². The molecule has 1 fully saturated rings. The van der Waals surface area contributed by atoms with E-state index in [0.717, 1.165) is 12.8 Å². The number of nitrogens with zero attached hydrogens (tertiary/aromatic N) is 3. The number of hydrogen-bond acceptors (Lipinski definition) is 4. The van der Waals surface area contributed by atoms with E-state index < -0.39 is 0 Å². The number of benzene rings is 1. The molecular formula is C17H17ClFN3O2. The van der Waals surface area contributed by atoms with Crippen LogP contribution in [0.15, 0.2) is 30.6 Å². The van der Waals surface area contributed by atoms with Gasteiger partial charge in [-0.15, -0.1) is 0 Å². The molecule has 1 aromatic heterocycles. The van der Waals surface area contributed by atoms with Crippen molar-refractivity contribution in [2.75, 3.05) is 13.1 Å². The zero-order chi connectivity index (χ0) is 17.1. The third-order valence-corrected chi connectivity index (χ3v) is 4.15. The summed E-state index contributed by atoms with van der Waals surface area (Å²) in [6.07, 6.45) is 4.34. The molecule has 1 saturated heterocycles. The molecule has 7 heteroatoms. The van der Waals surface area contributed by atoms with Gasteiger partial charge in [-0.3, -0.25) is 4.79 Å². The smallest absolute Gasteiger partial charge is 0.316 e. The number of hydrogen-bond donors (Lipinski definition) is 0. The summed E-state index contributed by atoms with van der Waals surface area (Å²) in [7, 11) is 0. The standard InChI is InChI=1S/C17H17ClFN3O2/c1-11-4-5-12(7-15(11)19)16(23)22-6-2-3-14(10-22)24-17-20-8-13(18)9-21-17/h4-5,7-9,14H,2-3,6,10H2,1H3/t14-/m0/s1. The van der Waals surface area contributed by atoms with Gasteiger partial charge in [0.2, 0.25) is 0 Å². The van der Waals surface area contributed by atoms with Crippen LogP contribution in [0, 0.1) is 12.7 Å². The fourth-order valence-electron chi connectivity index (χ4n) is 2.64. The van der Waals surface area contributed by atoms with Gasteiger partial charge in [0.15, 0.2) is 0 Å². The summed E-state index contributed by atoms with van der Waals surface area (Å²) in [4.78, 5) is 22.2. The lowest BCUT2D eigenvalue weighted by Gasteiger charge is -2.32. The summed E-state index contributed by atoms with van der Waals surface area (Å²) in [5.74, 6) is -0.570. The fourth-order valence-corrected chi connectivity index (χ4v) is 2.74. The molecule has 2 heterocycles. The van der Waals surface area contributed by atoms with Crippen LogP contribution in [0.5, 0.6) is 6.01 Å². The largest absolute Gasteiger partial charge is 0.458 e. The maximum Gasteiger partial charge on any atom is 0.316 e. The number of amides is 1. The Labute approximate surface area is 144 Å². The fraction of sp³-hybridized carbons (Fsp3) is 0.353. The molecule has 0 N–H and O–H groups in total. The lowest BCUT2D eigenvalue weighted by molar-refractivity contribution is 0.0515. The van der Waals surface area contributed by atoms with Crippen LogP contribution in [0.4, 0.5) is 4.39 Å². The van der Waals surface area contributed by atoms with E-state index >= 15 is 0 Å². The zero-order valence-corrected chi connectivity index (χ0v) is 14.0. The molecule has 0 aliphatic carbocycles. The first-order chi connectivity index (χ1) is 11.5. The minimum absolute atomic E-state index is 0.195. The molecule has 0 saturated carbocycles. The lowest BCUT2D eigenvalue weighted by atomic mass is 10.1. The van der Waals surface area contributed by atoms with E-state index in [4.69, 9.17) is 16.3 Å². The molecule has 0 spiro atoms. The van der Waals surface area contributed by atoms with E-state index in [-0.39, 0.29) is 23.8 Å². The number of rotatable bonds is 3. The van der Waals surface area contributed by atoms with Gasteiger partial charge in [-0.25, -0.2) is 14.4 Å².